The first-order valence-electron chi connectivity index (χ1n) is 8.21. The van der Waals surface area contributed by atoms with E-state index in [9.17, 15) is 4.39 Å². The molecule has 1 saturated carbocycles. The van der Waals surface area contributed by atoms with E-state index in [1.54, 1.807) is 6.07 Å². The summed E-state index contributed by atoms with van der Waals surface area (Å²) < 4.78 is 19.9. The van der Waals surface area contributed by atoms with Crippen LogP contribution in [0.2, 0.25) is 0 Å². The van der Waals surface area contributed by atoms with Crippen LogP contribution < -0.4 is 5.32 Å². The van der Waals surface area contributed by atoms with Crippen molar-refractivity contribution < 1.29 is 9.13 Å². The number of nitrogens with one attached hydrogen (secondary N) is 1. The Morgan fingerprint density at radius 2 is 2.00 bits per heavy atom. The Bertz CT molecular complexity index is 427. The van der Waals surface area contributed by atoms with Crippen LogP contribution in [0.1, 0.15) is 51.0 Å². The van der Waals surface area contributed by atoms with Gasteiger partial charge in [0.15, 0.2) is 0 Å². The van der Waals surface area contributed by atoms with Crippen LogP contribution in [0.3, 0.4) is 0 Å². The van der Waals surface area contributed by atoms with Crippen LogP contribution in [0.5, 0.6) is 0 Å². The number of likely N-dealkylation sites (N-methyl/N-ethyl adjacent to an activating group) is 1. The monoisotopic (exact) mass is 293 g/mol. The highest BCUT2D eigenvalue weighted by Crippen LogP contribution is 2.37. The predicted octanol–water partition coefficient (Wildman–Crippen LogP) is 4.29. The zero-order valence-electron chi connectivity index (χ0n) is 13.3. The second kappa shape index (κ2) is 7.90. The van der Waals surface area contributed by atoms with Gasteiger partial charge < -0.3 is 10.1 Å². The lowest BCUT2D eigenvalue weighted by Crippen LogP contribution is -2.45. The van der Waals surface area contributed by atoms with Crippen molar-refractivity contribution in [1.82, 2.24) is 5.32 Å². The molecule has 2 rings (SSSR count). The quantitative estimate of drug-likeness (QED) is 0.809. The molecule has 21 heavy (non-hydrogen) atoms. The van der Waals surface area contributed by atoms with E-state index >= 15 is 0 Å². The van der Waals surface area contributed by atoms with Crippen LogP contribution in [-0.4, -0.2) is 19.2 Å². The molecular formula is C18H28FNO. The molecular weight excluding hydrogens is 265 g/mol. The van der Waals surface area contributed by atoms with E-state index < -0.39 is 0 Å². The third-order valence-electron chi connectivity index (χ3n) is 4.70. The molecule has 0 amide bonds. The smallest absolute Gasteiger partial charge is 0.128 e. The normalized spacial score (nSPS) is 26.0. The molecule has 0 spiro atoms. The van der Waals surface area contributed by atoms with Crippen molar-refractivity contribution in [2.45, 2.75) is 57.7 Å². The molecule has 1 aromatic carbocycles. The van der Waals surface area contributed by atoms with Gasteiger partial charge in [-0.2, -0.15) is 0 Å². The summed E-state index contributed by atoms with van der Waals surface area (Å²) in [6, 6.07) is 6.90. The van der Waals surface area contributed by atoms with Crippen molar-refractivity contribution in [3.63, 3.8) is 0 Å². The van der Waals surface area contributed by atoms with E-state index in [2.05, 4.69) is 12.2 Å². The van der Waals surface area contributed by atoms with Crippen molar-refractivity contribution in [1.29, 1.82) is 0 Å². The second-order valence-corrected chi connectivity index (χ2v) is 6.33. The highest BCUT2D eigenvalue weighted by Gasteiger charge is 2.35. The fourth-order valence-corrected chi connectivity index (χ4v) is 3.44. The lowest BCUT2D eigenvalue weighted by molar-refractivity contribution is -0.0863. The minimum absolute atomic E-state index is 0.124. The molecule has 1 aliphatic carbocycles. The summed E-state index contributed by atoms with van der Waals surface area (Å²) in [7, 11) is 1.96. The zero-order valence-corrected chi connectivity index (χ0v) is 13.3. The Balaban J connectivity index is 1.95. The average molecular weight is 293 g/mol. The van der Waals surface area contributed by atoms with E-state index in [4.69, 9.17) is 4.74 Å². The molecule has 2 nitrogen and oxygen atoms in total. The van der Waals surface area contributed by atoms with Crippen LogP contribution in [-0.2, 0) is 11.3 Å². The fraction of sp³-hybridized carbons (Fsp3) is 0.667. The fourth-order valence-electron chi connectivity index (χ4n) is 3.44. The molecule has 0 aromatic heterocycles. The summed E-state index contributed by atoms with van der Waals surface area (Å²) in [5, 5.41) is 3.26. The Morgan fingerprint density at radius 1 is 1.29 bits per heavy atom. The lowest BCUT2D eigenvalue weighted by Gasteiger charge is -2.40. The van der Waals surface area contributed by atoms with Gasteiger partial charge in [-0.15, -0.1) is 0 Å². The third-order valence-corrected chi connectivity index (χ3v) is 4.70. The summed E-state index contributed by atoms with van der Waals surface area (Å²) in [4.78, 5) is 0. The van der Waals surface area contributed by atoms with Crippen molar-refractivity contribution in [3.05, 3.63) is 35.6 Å². The number of benzene rings is 1. The first-order valence-corrected chi connectivity index (χ1v) is 8.21. The largest absolute Gasteiger partial charge is 0.369 e. The average Bonchev–Trinajstić information content (AvgIpc) is 2.50. The van der Waals surface area contributed by atoms with Gasteiger partial charge in [-0.3, -0.25) is 0 Å². The molecule has 0 saturated heterocycles. The number of hydrogen-bond donors (Lipinski definition) is 1. The van der Waals surface area contributed by atoms with E-state index in [0.717, 1.165) is 25.3 Å². The molecule has 3 heteroatoms. The van der Waals surface area contributed by atoms with E-state index in [1.165, 1.54) is 31.7 Å². The van der Waals surface area contributed by atoms with Crippen molar-refractivity contribution >= 4 is 0 Å². The topological polar surface area (TPSA) is 21.3 Å². The molecule has 1 aromatic rings. The van der Waals surface area contributed by atoms with Gasteiger partial charge in [0.2, 0.25) is 0 Å². The predicted molar refractivity (Wildman–Crippen MR) is 84.7 cm³/mol. The van der Waals surface area contributed by atoms with Crippen LogP contribution in [0.4, 0.5) is 4.39 Å². The van der Waals surface area contributed by atoms with Crippen LogP contribution in [0.15, 0.2) is 24.3 Å². The molecule has 0 unspecified atom stereocenters. The molecule has 1 N–H and O–H groups in total. The van der Waals surface area contributed by atoms with Crippen LogP contribution in [0, 0.1) is 11.7 Å². The highest BCUT2D eigenvalue weighted by atomic mass is 19.1. The van der Waals surface area contributed by atoms with Gasteiger partial charge in [-0.25, -0.2) is 4.39 Å². The van der Waals surface area contributed by atoms with Gasteiger partial charge in [-0.05, 0) is 44.7 Å². The Hall–Kier alpha value is -0.930. The SMILES string of the molecule is CCCC1CCC(CNC)(OCc2ccccc2F)CC1. The maximum absolute atomic E-state index is 13.7. The minimum Gasteiger partial charge on any atom is -0.369 e. The number of ether oxygens (including phenoxy) is 1. The third kappa shape index (κ3) is 4.52. The van der Waals surface area contributed by atoms with Crippen LogP contribution >= 0.6 is 0 Å². The Morgan fingerprint density at radius 3 is 2.62 bits per heavy atom. The Kier molecular flexibility index (Phi) is 6.19. The first-order chi connectivity index (χ1) is 10.2. The minimum atomic E-state index is -0.170. The summed E-state index contributed by atoms with van der Waals surface area (Å²) in [6.45, 7) is 3.47. The maximum atomic E-state index is 13.7. The van der Waals surface area contributed by atoms with Crippen molar-refractivity contribution in [2.75, 3.05) is 13.6 Å². The number of rotatable bonds is 7. The van der Waals surface area contributed by atoms with Gasteiger partial charge in [-0.1, -0.05) is 38.0 Å². The maximum Gasteiger partial charge on any atom is 0.128 e. The number of hydrogen-bond acceptors (Lipinski definition) is 2. The van der Waals surface area contributed by atoms with Gasteiger partial charge in [0.1, 0.15) is 5.82 Å². The van der Waals surface area contributed by atoms with Crippen molar-refractivity contribution in [2.24, 2.45) is 5.92 Å². The van der Waals surface area contributed by atoms with E-state index in [0.29, 0.717) is 12.2 Å². The standard InChI is InChI=1S/C18H28FNO/c1-3-6-15-9-11-18(12-10-15,14-20-2)21-13-16-7-4-5-8-17(16)19/h4-5,7-8,15,20H,3,6,9-14H2,1-2H3. The summed E-state index contributed by atoms with van der Waals surface area (Å²) in [6.07, 6.45) is 7.20. The zero-order chi connectivity index (χ0) is 15.1. The first kappa shape index (κ1) is 16.4. The summed E-state index contributed by atoms with van der Waals surface area (Å²) >= 11 is 0. The molecule has 0 radical (unpaired) electrons. The lowest BCUT2D eigenvalue weighted by atomic mass is 9.77. The van der Waals surface area contributed by atoms with Crippen molar-refractivity contribution in [3.8, 4) is 0 Å². The molecule has 118 valence electrons. The molecule has 0 heterocycles. The molecule has 0 bridgehead atoms. The molecule has 0 aliphatic heterocycles. The van der Waals surface area contributed by atoms with E-state index in [-0.39, 0.29) is 11.4 Å². The molecule has 0 atom stereocenters. The molecule has 1 aliphatic rings. The summed E-state index contributed by atoms with van der Waals surface area (Å²) in [5.41, 5.74) is 0.532. The Labute approximate surface area is 128 Å². The van der Waals surface area contributed by atoms with Gasteiger partial charge >= 0.3 is 0 Å². The van der Waals surface area contributed by atoms with E-state index in [1.807, 2.05) is 19.2 Å². The van der Waals surface area contributed by atoms with Crippen LogP contribution in [0.25, 0.3) is 0 Å². The second-order valence-electron chi connectivity index (χ2n) is 6.33. The van der Waals surface area contributed by atoms with Gasteiger partial charge in [0, 0.05) is 12.1 Å². The number of halogens is 1. The van der Waals surface area contributed by atoms with Gasteiger partial charge in [0.25, 0.3) is 0 Å². The van der Waals surface area contributed by atoms with Gasteiger partial charge in [0.05, 0.1) is 12.2 Å². The summed E-state index contributed by atoms with van der Waals surface area (Å²) in [5.74, 6) is 0.675. The highest BCUT2D eigenvalue weighted by molar-refractivity contribution is 5.16. The molecule has 1 fully saturated rings.